The fraction of sp³-hybridized carbons (Fsp3) is 1.00. The van der Waals surface area contributed by atoms with Gasteiger partial charge in [0.2, 0.25) is 0 Å². The van der Waals surface area contributed by atoms with Crippen molar-refractivity contribution < 1.29 is 18.6 Å². The van der Waals surface area contributed by atoms with E-state index in [9.17, 15) is 0 Å². The Morgan fingerprint density at radius 3 is 1.50 bits per heavy atom. The van der Waals surface area contributed by atoms with E-state index < -0.39 is 14.0 Å². The van der Waals surface area contributed by atoms with Crippen molar-refractivity contribution in [2.24, 2.45) is 0 Å². The summed E-state index contributed by atoms with van der Waals surface area (Å²) >= 11 is 0. The van der Waals surface area contributed by atoms with Crippen LogP contribution in [0.15, 0.2) is 0 Å². The highest BCUT2D eigenvalue weighted by Crippen LogP contribution is 2.38. The molecule has 0 aromatic rings. The summed E-state index contributed by atoms with van der Waals surface area (Å²) in [4.78, 5) is 0. The molecule has 0 aromatic heterocycles. The van der Waals surface area contributed by atoms with Crippen molar-refractivity contribution >= 4 is 14.0 Å². The van der Waals surface area contributed by atoms with Crippen molar-refractivity contribution in [1.29, 1.82) is 0 Å². The van der Waals surface area contributed by atoms with Gasteiger partial charge in [-0.2, -0.15) is 0 Å². The van der Waals surface area contributed by atoms with E-state index >= 15 is 0 Å². The highest BCUT2D eigenvalue weighted by molar-refractivity contribution is 7.11. The third kappa shape index (κ3) is 1.92. The quantitative estimate of drug-likeness (QED) is 0.634. The van der Waals surface area contributed by atoms with Crippen molar-refractivity contribution in [3.05, 3.63) is 0 Å². The molecular formula is C10H20B2O4. The molecule has 16 heavy (non-hydrogen) atoms. The van der Waals surface area contributed by atoms with Gasteiger partial charge in [0.1, 0.15) is 0 Å². The minimum atomic E-state index is -0.433. The van der Waals surface area contributed by atoms with Gasteiger partial charge in [0.25, 0.3) is 0 Å². The maximum atomic E-state index is 5.87. The van der Waals surface area contributed by atoms with E-state index in [2.05, 4.69) is 0 Å². The van der Waals surface area contributed by atoms with Gasteiger partial charge in [0.05, 0.1) is 23.4 Å². The molecular weight excluding hydrogens is 206 g/mol. The molecule has 2 unspecified atom stereocenters. The lowest BCUT2D eigenvalue weighted by Crippen LogP contribution is -2.41. The van der Waals surface area contributed by atoms with E-state index in [1.807, 2.05) is 41.5 Å². The van der Waals surface area contributed by atoms with E-state index in [0.29, 0.717) is 0 Å². The van der Waals surface area contributed by atoms with Crippen LogP contribution < -0.4 is 0 Å². The average Bonchev–Trinajstić information content (AvgIpc) is 2.54. The normalized spacial score (nSPS) is 37.1. The van der Waals surface area contributed by atoms with Crippen molar-refractivity contribution in [3.63, 3.8) is 0 Å². The first-order valence-corrected chi connectivity index (χ1v) is 5.89. The summed E-state index contributed by atoms with van der Waals surface area (Å²) in [5, 5.41) is 0. The van der Waals surface area contributed by atoms with Crippen LogP contribution in [0.3, 0.4) is 0 Å². The summed E-state index contributed by atoms with van der Waals surface area (Å²) in [6.45, 7) is 12.1. The minimum Gasteiger partial charge on any atom is -0.408 e. The van der Waals surface area contributed by atoms with E-state index in [-0.39, 0.29) is 23.4 Å². The lowest BCUT2D eigenvalue weighted by Gasteiger charge is -2.32. The molecule has 0 spiro atoms. The van der Waals surface area contributed by atoms with Crippen LogP contribution in [0.25, 0.3) is 0 Å². The van der Waals surface area contributed by atoms with Crippen molar-refractivity contribution in [1.82, 2.24) is 0 Å². The SMILES string of the molecule is CC1OB(B2OC(C)(C)C(C)(C)O2)OC1C. The first kappa shape index (κ1) is 12.4. The Labute approximate surface area is 98.2 Å². The van der Waals surface area contributed by atoms with Gasteiger partial charge in [0.15, 0.2) is 0 Å². The zero-order valence-corrected chi connectivity index (χ0v) is 10.9. The predicted molar refractivity (Wildman–Crippen MR) is 62.9 cm³/mol. The minimum absolute atomic E-state index is 0.0871. The van der Waals surface area contributed by atoms with E-state index in [0.717, 1.165) is 0 Å². The highest BCUT2D eigenvalue weighted by Gasteiger charge is 2.59. The molecule has 2 fully saturated rings. The van der Waals surface area contributed by atoms with Crippen LogP contribution in [0, 0.1) is 0 Å². The highest BCUT2D eigenvalue weighted by atomic mass is 16.7. The third-order valence-electron chi connectivity index (χ3n) is 3.85. The largest absolute Gasteiger partial charge is 0.488 e. The van der Waals surface area contributed by atoms with Gasteiger partial charge in [0, 0.05) is 0 Å². The zero-order chi connectivity index (χ0) is 12.1. The smallest absolute Gasteiger partial charge is 0.408 e. The molecule has 2 saturated heterocycles. The molecule has 2 atom stereocenters. The summed E-state index contributed by atoms with van der Waals surface area (Å²) in [6, 6.07) is 0. The molecule has 6 heteroatoms. The first-order valence-electron chi connectivity index (χ1n) is 5.89. The molecule has 0 N–H and O–H groups in total. The molecule has 2 rings (SSSR count). The molecule has 2 aliphatic heterocycles. The van der Waals surface area contributed by atoms with Crippen LogP contribution in [-0.4, -0.2) is 37.4 Å². The third-order valence-corrected chi connectivity index (χ3v) is 3.85. The van der Waals surface area contributed by atoms with Gasteiger partial charge in [-0.25, -0.2) is 0 Å². The van der Waals surface area contributed by atoms with Gasteiger partial charge in [-0.15, -0.1) is 0 Å². The number of hydrogen-bond donors (Lipinski definition) is 0. The standard InChI is InChI=1S/C10H20B2O4/c1-7-8(2)14-11(13-7)12-15-9(3,4)10(5,6)16-12/h7-8H,1-6H3. The summed E-state index contributed by atoms with van der Waals surface area (Å²) in [6.07, 6.45) is 0.174. The Balaban J connectivity index is 2.04. The van der Waals surface area contributed by atoms with Crippen molar-refractivity contribution in [2.45, 2.75) is 65.0 Å². The number of rotatable bonds is 1. The van der Waals surface area contributed by atoms with Crippen LogP contribution in [0.1, 0.15) is 41.5 Å². The molecule has 0 amide bonds. The van der Waals surface area contributed by atoms with Crippen LogP contribution in [0.4, 0.5) is 0 Å². The monoisotopic (exact) mass is 226 g/mol. The molecule has 2 heterocycles. The van der Waals surface area contributed by atoms with E-state index in [1.165, 1.54) is 0 Å². The van der Waals surface area contributed by atoms with E-state index in [1.54, 1.807) is 0 Å². The second-order valence-corrected chi connectivity index (χ2v) is 5.68. The van der Waals surface area contributed by atoms with Gasteiger partial charge >= 0.3 is 14.0 Å². The maximum absolute atomic E-state index is 5.87. The Morgan fingerprint density at radius 1 is 0.750 bits per heavy atom. The summed E-state index contributed by atoms with van der Waals surface area (Å²) in [5.74, 6) is 0. The molecule has 2 aliphatic rings. The molecule has 0 saturated carbocycles. The van der Waals surface area contributed by atoms with Crippen LogP contribution in [-0.2, 0) is 18.6 Å². The van der Waals surface area contributed by atoms with E-state index in [4.69, 9.17) is 18.6 Å². The Morgan fingerprint density at radius 2 is 1.12 bits per heavy atom. The van der Waals surface area contributed by atoms with Crippen molar-refractivity contribution in [3.8, 4) is 0 Å². The first-order chi connectivity index (χ1) is 7.23. The molecule has 90 valence electrons. The lowest BCUT2D eigenvalue weighted by atomic mass is 9.49. The Bertz CT molecular complexity index is 256. The second-order valence-electron chi connectivity index (χ2n) is 5.68. The Hall–Kier alpha value is -0.0301. The van der Waals surface area contributed by atoms with Gasteiger partial charge in [-0.05, 0) is 41.5 Å². The maximum Gasteiger partial charge on any atom is 0.488 e. The van der Waals surface area contributed by atoms with Gasteiger partial charge in [-0.1, -0.05) is 0 Å². The van der Waals surface area contributed by atoms with Gasteiger partial charge < -0.3 is 18.6 Å². The Kier molecular flexibility index (Phi) is 2.90. The van der Waals surface area contributed by atoms with Crippen LogP contribution in [0.2, 0.25) is 0 Å². The molecule has 4 nitrogen and oxygen atoms in total. The topological polar surface area (TPSA) is 36.9 Å². The summed E-state index contributed by atoms with van der Waals surface area (Å²) in [5.41, 5.74) is -0.668. The lowest BCUT2D eigenvalue weighted by molar-refractivity contribution is 0.00578. The summed E-state index contributed by atoms with van der Waals surface area (Å²) < 4.78 is 23.1. The molecule has 0 aliphatic carbocycles. The number of hydrogen-bond acceptors (Lipinski definition) is 4. The van der Waals surface area contributed by atoms with Crippen LogP contribution in [0.5, 0.6) is 0 Å². The predicted octanol–water partition coefficient (Wildman–Crippen LogP) is 1.47. The molecule has 0 radical (unpaired) electrons. The summed E-state index contributed by atoms with van der Waals surface area (Å²) in [7, 11) is -0.844. The fourth-order valence-corrected chi connectivity index (χ4v) is 1.80. The molecule has 0 aromatic carbocycles. The molecule has 0 bridgehead atoms. The average molecular weight is 226 g/mol. The second kappa shape index (κ2) is 3.73. The van der Waals surface area contributed by atoms with Crippen molar-refractivity contribution in [2.75, 3.05) is 0 Å². The van der Waals surface area contributed by atoms with Crippen LogP contribution >= 0.6 is 0 Å². The van der Waals surface area contributed by atoms with Gasteiger partial charge in [-0.3, -0.25) is 0 Å². The fourth-order valence-electron chi connectivity index (χ4n) is 1.80. The zero-order valence-electron chi connectivity index (χ0n) is 10.9.